The van der Waals surface area contributed by atoms with Crippen LogP contribution in [-0.2, 0) is 13.6 Å². The van der Waals surface area contributed by atoms with Gasteiger partial charge >= 0.3 is 5.69 Å². The lowest BCUT2D eigenvalue weighted by molar-refractivity contribution is 0.492. The van der Waals surface area contributed by atoms with E-state index >= 15 is 0 Å². The maximum absolute atomic E-state index is 12.2. The normalized spacial score (nSPS) is 14.1. The zero-order valence-electron chi connectivity index (χ0n) is 13.1. The van der Waals surface area contributed by atoms with Gasteiger partial charge in [0.15, 0.2) is 0 Å². The van der Waals surface area contributed by atoms with Crippen LogP contribution in [0.1, 0.15) is 40.5 Å². The molecule has 1 rings (SSSR count). The standard InChI is InChI=1S/C14H26N4O2/c1-6-8-18-12(15)11(13(19)17(5)14(18)20)16-10(4)9(3)7-2/h9-10,16H,6-8,15H2,1-5H3. The molecule has 1 aromatic heterocycles. The molecule has 6 heteroatoms. The molecule has 0 fully saturated rings. The van der Waals surface area contributed by atoms with Gasteiger partial charge in [-0.15, -0.1) is 0 Å². The summed E-state index contributed by atoms with van der Waals surface area (Å²) in [4.78, 5) is 24.3. The van der Waals surface area contributed by atoms with E-state index < -0.39 is 0 Å². The molecule has 0 bridgehead atoms. The predicted octanol–water partition coefficient (Wildman–Crippen LogP) is 1.39. The van der Waals surface area contributed by atoms with Gasteiger partial charge in [-0.1, -0.05) is 27.2 Å². The maximum Gasteiger partial charge on any atom is 0.332 e. The van der Waals surface area contributed by atoms with E-state index in [1.807, 2.05) is 13.8 Å². The molecular weight excluding hydrogens is 256 g/mol. The summed E-state index contributed by atoms with van der Waals surface area (Å²) in [5.74, 6) is 0.640. The van der Waals surface area contributed by atoms with Crippen molar-refractivity contribution >= 4 is 11.5 Å². The van der Waals surface area contributed by atoms with Gasteiger partial charge in [-0.3, -0.25) is 13.9 Å². The fourth-order valence-corrected chi connectivity index (χ4v) is 2.08. The fourth-order valence-electron chi connectivity index (χ4n) is 2.08. The Kier molecular flexibility index (Phi) is 5.42. The van der Waals surface area contributed by atoms with Crippen LogP contribution in [0.4, 0.5) is 11.5 Å². The smallest absolute Gasteiger partial charge is 0.332 e. The van der Waals surface area contributed by atoms with Crippen molar-refractivity contribution in [3.63, 3.8) is 0 Å². The zero-order valence-corrected chi connectivity index (χ0v) is 13.1. The molecule has 0 aliphatic heterocycles. The topological polar surface area (TPSA) is 82.0 Å². The lowest BCUT2D eigenvalue weighted by Gasteiger charge is -2.23. The van der Waals surface area contributed by atoms with Crippen LogP contribution < -0.4 is 22.3 Å². The quantitative estimate of drug-likeness (QED) is 0.826. The second-order valence-corrected chi connectivity index (χ2v) is 5.38. The zero-order chi connectivity index (χ0) is 15.4. The van der Waals surface area contributed by atoms with Crippen molar-refractivity contribution in [1.29, 1.82) is 0 Å². The van der Waals surface area contributed by atoms with Gasteiger partial charge < -0.3 is 11.1 Å². The molecule has 6 nitrogen and oxygen atoms in total. The summed E-state index contributed by atoms with van der Waals surface area (Å²) in [5, 5.41) is 3.18. The molecule has 1 heterocycles. The number of nitrogens with two attached hydrogens (primary N) is 1. The van der Waals surface area contributed by atoms with Gasteiger partial charge in [0.05, 0.1) is 0 Å². The Morgan fingerprint density at radius 3 is 2.35 bits per heavy atom. The Bertz CT molecular complexity index is 574. The first-order chi connectivity index (χ1) is 9.34. The van der Waals surface area contributed by atoms with Crippen LogP contribution >= 0.6 is 0 Å². The monoisotopic (exact) mass is 282 g/mol. The first-order valence-electron chi connectivity index (χ1n) is 7.20. The molecule has 0 aliphatic rings. The average Bonchev–Trinajstić information content (AvgIpc) is 2.44. The number of nitrogens with zero attached hydrogens (tertiary/aromatic N) is 2. The lowest BCUT2D eigenvalue weighted by atomic mass is 10.0. The van der Waals surface area contributed by atoms with Crippen LogP contribution in [0.25, 0.3) is 0 Å². The third kappa shape index (κ3) is 3.05. The minimum atomic E-state index is -0.366. The summed E-state index contributed by atoms with van der Waals surface area (Å²) in [6.07, 6.45) is 1.78. The number of hydrogen-bond donors (Lipinski definition) is 2. The van der Waals surface area contributed by atoms with E-state index in [0.29, 0.717) is 18.2 Å². The van der Waals surface area contributed by atoms with E-state index in [2.05, 4.69) is 19.2 Å². The summed E-state index contributed by atoms with van der Waals surface area (Å²) < 4.78 is 2.56. The molecule has 2 unspecified atom stereocenters. The van der Waals surface area contributed by atoms with Crippen LogP contribution in [-0.4, -0.2) is 15.2 Å². The van der Waals surface area contributed by atoms with Gasteiger partial charge in [-0.25, -0.2) is 4.79 Å². The Morgan fingerprint density at radius 1 is 1.25 bits per heavy atom. The Labute approximate surface area is 119 Å². The number of aromatic nitrogens is 2. The highest BCUT2D eigenvalue weighted by atomic mass is 16.2. The first-order valence-corrected chi connectivity index (χ1v) is 7.20. The summed E-state index contributed by atoms with van der Waals surface area (Å²) in [6, 6.07) is 0.113. The van der Waals surface area contributed by atoms with Gasteiger partial charge in [-0.05, 0) is 19.3 Å². The van der Waals surface area contributed by atoms with Crippen LogP contribution in [0, 0.1) is 5.92 Å². The van der Waals surface area contributed by atoms with E-state index in [1.54, 1.807) is 0 Å². The predicted molar refractivity (Wildman–Crippen MR) is 83.2 cm³/mol. The molecule has 0 saturated heterocycles. The summed E-state index contributed by atoms with van der Waals surface area (Å²) in [5.41, 5.74) is 5.61. The Hall–Kier alpha value is -1.72. The molecule has 0 spiro atoms. The molecular formula is C14H26N4O2. The van der Waals surface area contributed by atoms with E-state index in [9.17, 15) is 9.59 Å². The van der Waals surface area contributed by atoms with Crippen LogP contribution in [0.15, 0.2) is 9.59 Å². The second-order valence-electron chi connectivity index (χ2n) is 5.38. The minimum absolute atomic E-state index is 0.113. The first kappa shape index (κ1) is 16.3. The average molecular weight is 282 g/mol. The van der Waals surface area contributed by atoms with Gasteiger partial charge in [0.25, 0.3) is 5.56 Å². The molecule has 0 radical (unpaired) electrons. The summed E-state index contributed by atoms with van der Waals surface area (Å²) >= 11 is 0. The number of nitrogens with one attached hydrogen (secondary N) is 1. The molecule has 0 aromatic carbocycles. The number of anilines is 2. The van der Waals surface area contributed by atoms with Crippen LogP contribution in [0.5, 0.6) is 0 Å². The van der Waals surface area contributed by atoms with Gasteiger partial charge in [0, 0.05) is 19.6 Å². The van der Waals surface area contributed by atoms with Gasteiger partial charge in [0.1, 0.15) is 11.5 Å². The number of rotatable bonds is 6. The highest BCUT2D eigenvalue weighted by Crippen LogP contribution is 2.16. The molecule has 20 heavy (non-hydrogen) atoms. The minimum Gasteiger partial charge on any atom is -0.383 e. The van der Waals surface area contributed by atoms with Crippen LogP contribution in [0.2, 0.25) is 0 Å². The largest absolute Gasteiger partial charge is 0.383 e. The second kappa shape index (κ2) is 6.63. The van der Waals surface area contributed by atoms with E-state index in [1.165, 1.54) is 11.6 Å². The van der Waals surface area contributed by atoms with Gasteiger partial charge in [0.2, 0.25) is 0 Å². The van der Waals surface area contributed by atoms with E-state index in [-0.39, 0.29) is 23.1 Å². The number of hydrogen-bond acceptors (Lipinski definition) is 4. The van der Waals surface area contributed by atoms with E-state index in [4.69, 9.17) is 5.73 Å². The summed E-state index contributed by atoms with van der Waals surface area (Å²) in [7, 11) is 1.48. The van der Waals surface area contributed by atoms with Crippen molar-refractivity contribution in [2.75, 3.05) is 11.1 Å². The third-order valence-electron chi connectivity index (χ3n) is 3.90. The fraction of sp³-hybridized carbons (Fsp3) is 0.714. The molecule has 3 N–H and O–H groups in total. The van der Waals surface area contributed by atoms with Crippen molar-refractivity contribution in [2.45, 2.75) is 53.1 Å². The highest BCUT2D eigenvalue weighted by molar-refractivity contribution is 5.61. The Morgan fingerprint density at radius 2 is 1.85 bits per heavy atom. The van der Waals surface area contributed by atoms with Crippen molar-refractivity contribution < 1.29 is 0 Å². The highest BCUT2D eigenvalue weighted by Gasteiger charge is 2.18. The molecule has 2 atom stereocenters. The van der Waals surface area contributed by atoms with E-state index in [0.717, 1.165) is 17.4 Å². The third-order valence-corrected chi connectivity index (χ3v) is 3.90. The molecule has 0 amide bonds. The van der Waals surface area contributed by atoms with Crippen molar-refractivity contribution in [3.8, 4) is 0 Å². The van der Waals surface area contributed by atoms with Crippen molar-refractivity contribution in [2.24, 2.45) is 13.0 Å². The molecule has 114 valence electrons. The maximum atomic E-state index is 12.2. The van der Waals surface area contributed by atoms with Crippen LogP contribution in [0.3, 0.4) is 0 Å². The van der Waals surface area contributed by atoms with Crippen molar-refractivity contribution in [1.82, 2.24) is 9.13 Å². The molecule has 0 saturated carbocycles. The summed E-state index contributed by atoms with van der Waals surface area (Å²) in [6.45, 7) is 8.70. The SMILES string of the molecule is CCCn1c(N)c(NC(C)C(C)CC)c(=O)n(C)c1=O. The molecule has 0 aliphatic carbocycles. The number of nitrogen functional groups attached to an aromatic ring is 1. The Balaban J connectivity index is 3.33. The molecule has 1 aromatic rings. The lowest BCUT2D eigenvalue weighted by Crippen LogP contribution is -2.42. The van der Waals surface area contributed by atoms with Crippen molar-refractivity contribution in [3.05, 3.63) is 20.8 Å². The van der Waals surface area contributed by atoms with Gasteiger partial charge in [-0.2, -0.15) is 0 Å².